The molecule has 1 nitrogen and oxygen atoms in total. The number of aromatic nitrogens is 1. The molecule has 0 N–H and O–H groups in total. The van der Waals surface area contributed by atoms with Crippen LogP contribution >= 0.6 is 22.9 Å². The molecule has 3 aliphatic rings. The second-order valence-electron chi connectivity index (χ2n) is 8.57. The van der Waals surface area contributed by atoms with Crippen LogP contribution in [0.25, 0.3) is 17.2 Å². The van der Waals surface area contributed by atoms with Crippen molar-refractivity contribution in [2.24, 2.45) is 5.92 Å². The summed E-state index contributed by atoms with van der Waals surface area (Å²) in [5, 5.41) is 0. The van der Waals surface area contributed by atoms with E-state index >= 15 is 0 Å². The Morgan fingerprint density at radius 2 is 1.88 bits per heavy atom. The third-order valence-corrected chi connectivity index (χ3v) is 7.52. The van der Waals surface area contributed by atoms with Crippen LogP contribution in [0.1, 0.15) is 73.7 Å². The molecule has 5 rings (SSSR count). The highest BCUT2D eigenvalue weighted by molar-refractivity contribution is 14.1. The third kappa shape index (κ3) is 1.95. The van der Waals surface area contributed by atoms with E-state index < -0.39 is 0 Å². The number of benzene rings is 1. The molecule has 2 heteroatoms. The fraction of sp³-hybridized carbons (Fsp3) is 0.391. The van der Waals surface area contributed by atoms with E-state index in [-0.39, 0.29) is 5.41 Å². The average Bonchev–Trinajstić information content (AvgIpc) is 2.99. The molecular formula is C23H24IN. The van der Waals surface area contributed by atoms with E-state index in [2.05, 4.69) is 89.8 Å². The first-order chi connectivity index (χ1) is 11.9. The van der Waals surface area contributed by atoms with E-state index in [0.717, 1.165) is 6.42 Å². The van der Waals surface area contributed by atoms with Crippen molar-refractivity contribution in [1.29, 1.82) is 0 Å². The lowest BCUT2D eigenvalue weighted by molar-refractivity contribution is 0.682. The molecule has 0 saturated carbocycles. The lowest BCUT2D eigenvalue weighted by Crippen LogP contribution is -2.20. The summed E-state index contributed by atoms with van der Waals surface area (Å²) in [6.07, 6.45) is 7.06. The van der Waals surface area contributed by atoms with Crippen molar-refractivity contribution in [3.05, 3.63) is 64.0 Å². The zero-order valence-electron chi connectivity index (χ0n) is 15.4. The summed E-state index contributed by atoms with van der Waals surface area (Å²) < 4.78 is 2.46. The van der Waals surface area contributed by atoms with E-state index in [1.54, 1.807) is 28.0 Å². The van der Waals surface area contributed by atoms with Crippen molar-refractivity contribution in [2.75, 3.05) is 0 Å². The minimum absolute atomic E-state index is 0.0942. The van der Waals surface area contributed by atoms with Gasteiger partial charge in [0.25, 0.3) is 0 Å². The zero-order chi connectivity index (χ0) is 17.5. The lowest BCUT2D eigenvalue weighted by Gasteiger charge is -2.31. The van der Waals surface area contributed by atoms with Gasteiger partial charge in [0.1, 0.15) is 0 Å². The molecule has 0 saturated heterocycles. The number of hydrogen-bond acceptors (Lipinski definition) is 0. The summed E-state index contributed by atoms with van der Waals surface area (Å²) in [7, 11) is 0. The maximum atomic E-state index is 2.53. The van der Waals surface area contributed by atoms with Crippen LogP contribution in [0.5, 0.6) is 0 Å². The summed E-state index contributed by atoms with van der Waals surface area (Å²) in [6.45, 7) is 9.59. The fourth-order valence-electron chi connectivity index (χ4n) is 5.38. The third-order valence-electron chi connectivity index (χ3n) is 6.48. The van der Waals surface area contributed by atoms with Crippen molar-refractivity contribution in [3.63, 3.8) is 0 Å². The number of hydrogen-bond donors (Lipinski definition) is 0. The molecule has 0 bridgehead atoms. The smallest absolute Gasteiger partial charge is 0.0643 e. The Kier molecular flexibility index (Phi) is 3.26. The molecule has 1 aromatic heterocycles. The van der Waals surface area contributed by atoms with Gasteiger partial charge < -0.3 is 0 Å². The first kappa shape index (κ1) is 15.9. The van der Waals surface area contributed by atoms with Crippen LogP contribution in [0.2, 0.25) is 0 Å². The number of allylic oxidation sites excluding steroid dienone is 3. The normalized spacial score (nSPS) is 25.5. The topological polar surface area (TPSA) is 4.93 Å². The molecule has 0 fully saturated rings. The van der Waals surface area contributed by atoms with E-state index in [9.17, 15) is 0 Å². The summed E-state index contributed by atoms with van der Waals surface area (Å²) in [6, 6.07) is 9.09. The summed E-state index contributed by atoms with van der Waals surface area (Å²) in [5.74, 6) is 1.20. The molecule has 0 spiro atoms. The minimum Gasteiger partial charge on any atom is -0.286 e. The molecule has 25 heavy (non-hydrogen) atoms. The Morgan fingerprint density at radius 3 is 2.68 bits per heavy atom. The lowest BCUT2D eigenvalue weighted by atomic mass is 9.72. The summed E-state index contributed by atoms with van der Waals surface area (Å²) in [5.41, 5.74) is 12.4. The van der Waals surface area contributed by atoms with E-state index in [0.29, 0.717) is 11.8 Å². The van der Waals surface area contributed by atoms with E-state index in [1.807, 2.05) is 0 Å². The molecule has 2 atom stereocenters. The summed E-state index contributed by atoms with van der Waals surface area (Å²) >= 11 is 2.53. The van der Waals surface area contributed by atoms with E-state index in [1.165, 1.54) is 23.2 Å². The van der Waals surface area contributed by atoms with Crippen LogP contribution in [-0.4, -0.2) is 2.78 Å². The second kappa shape index (κ2) is 5.12. The molecule has 128 valence electrons. The number of nitrogens with zero attached hydrogens (tertiary/aromatic N) is 1. The molecule has 0 radical (unpaired) electrons. The SMILES string of the molecule is CC1C=Cc2c(c3c(n2I)C(C)CC2=C3C(C)(C)c3ccccc32)C1. The Hall–Kier alpha value is -1.29. The van der Waals surface area contributed by atoms with Gasteiger partial charge in [0.15, 0.2) is 0 Å². The molecular weight excluding hydrogens is 417 g/mol. The first-order valence-corrected chi connectivity index (χ1v) is 10.3. The number of fused-ring (bicyclic) bond motifs is 6. The largest absolute Gasteiger partial charge is 0.286 e. The molecule has 1 heterocycles. The highest BCUT2D eigenvalue weighted by Gasteiger charge is 2.45. The first-order valence-electron chi connectivity index (χ1n) is 9.37. The zero-order valence-corrected chi connectivity index (χ0v) is 17.5. The van der Waals surface area contributed by atoms with Gasteiger partial charge in [-0.1, -0.05) is 58.0 Å². The molecule has 2 unspecified atom stereocenters. The maximum absolute atomic E-state index is 2.53. The predicted molar refractivity (Wildman–Crippen MR) is 115 cm³/mol. The summed E-state index contributed by atoms with van der Waals surface area (Å²) in [4.78, 5) is 0. The van der Waals surface area contributed by atoms with E-state index in [4.69, 9.17) is 0 Å². The van der Waals surface area contributed by atoms with Crippen LogP contribution in [0.4, 0.5) is 0 Å². The predicted octanol–water partition coefficient (Wildman–Crippen LogP) is 6.60. The number of rotatable bonds is 0. The maximum Gasteiger partial charge on any atom is 0.0643 e. The Morgan fingerprint density at radius 1 is 1.12 bits per heavy atom. The number of halogens is 1. The van der Waals surface area contributed by atoms with Crippen molar-refractivity contribution in [1.82, 2.24) is 2.78 Å². The van der Waals surface area contributed by atoms with Crippen LogP contribution < -0.4 is 0 Å². The molecule has 3 aliphatic carbocycles. The second-order valence-corrected chi connectivity index (χ2v) is 9.54. The Balaban J connectivity index is 1.86. The molecule has 0 amide bonds. The van der Waals surface area contributed by atoms with Crippen LogP contribution in [0.3, 0.4) is 0 Å². The molecule has 0 aliphatic heterocycles. The quantitative estimate of drug-likeness (QED) is 0.406. The molecule has 2 aromatic rings. The Labute approximate surface area is 164 Å². The fourth-order valence-corrected chi connectivity index (χ4v) is 6.55. The minimum atomic E-state index is 0.0942. The standard InChI is InChI=1S/C23H24IN/c1-13-9-10-19-17(11-13)20-21-16(12-14(2)22(20)25(19)24)15-7-5-6-8-18(15)23(21,3)4/h5-10,13-14H,11-12H2,1-4H3. The van der Waals surface area contributed by atoms with Crippen molar-refractivity contribution >= 4 is 40.1 Å². The van der Waals surface area contributed by atoms with Crippen molar-refractivity contribution < 1.29 is 0 Å². The van der Waals surface area contributed by atoms with Crippen molar-refractivity contribution in [2.45, 2.75) is 51.9 Å². The van der Waals surface area contributed by atoms with Gasteiger partial charge in [-0.15, -0.1) is 0 Å². The van der Waals surface area contributed by atoms with Gasteiger partial charge in [0, 0.05) is 22.6 Å². The van der Waals surface area contributed by atoms with Gasteiger partial charge in [-0.05, 0) is 52.7 Å². The van der Waals surface area contributed by atoms with Crippen molar-refractivity contribution in [3.8, 4) is 0 Å². The van der Waals surface area contributed by atoms with Crippen LogP contribution in [-0.2, 0) is 11.8 Å². The highest BCUT2D eigenvalue weighted by Crippen LogP contribution is 2.59. The molecule has 1 aromatic carbocycles. The average molecular weight is 441 g/mol. The van der Waals surface area contributed by atoms with Crippen LogP contribution in [0, 0.1) is 5.92 Å². The van der Waals surface area contributed by atoms with Gasteiger partial charge in [-0.3, -0.25) is 2.78 Å². The van der Waals surface area contributed by atoms with Gasteiger partial charge in [0.2, 0.25) is 0 Å². The highest BCUT2D eigenvalue weighted by atomic mass is 127. The Bertz CT molecular complexity index is 970. The van der Waals surface area contributed by atoms with Gasteiger partial charge >= 0.3 is 0 Å². The van der Waals surface area contributed by atoms with Gasteiger partial charge in [0.05, 0.1) is 28.6 Å². The van der Waals surface area contributed by atoms with Gasteiger partial charge in [-0.2, -0.15) is 0 Å². The monoisotopic (exact) mass is 441 g/mol. The van der Waals surface area contributed by atoms with Crippen LogP contribution in [0.15, 0.2) is 30.3 Å². The van der Waals surface area contributed by atoms with Gasteiger partial charge in [-0.25, -0.2) is 0 Å².